The zero-order valence-electron chi connectivity index (χ0n) is 13.3. The normalized spacial score (nSPS) is 11.6. The van der Waals surface area contributed by atoms with E-state index in [0.717, 1.165) is 10.4 Å². The van der Waals surface area contributed by atoms with E-state index in [4.69, 9.17) is 14.6 Å². The number of benzene rings is 1. The minimum Gasteiger partial charge on any atom is -0.497 e. The second kappa shape index (κ2) is 7.95. The van der Waals surface area contributed by atoms with Gasteiger partial charge in [-0.25, -0.2) is 9.48 Å². The van der Waals surface area contributed by atoms with Gasteiger partial charge in [-0.3, -0.25) is 4.79 Å². The van der Waals surface area contributed by atoms with E-state index in [1.54, 1.807) is 31.4 Å². The summed E-state index contributed by atoms with van der Waals surface area (Å²) in [5, 5.41) is 18.4. The van der Waals surface area contributed by atoms with Gasteiger partial charge in [-0.2, -0.15) is 0 Å². The van der Waals surface area contributed by atoms with Gasteiger partial charge >= 0.3 is 5.97 Å². The molecule has 0 aliphatic carbocycles. The fourth-order valence-corrected chi connectivity index (χ4v) is 1.86. The van der Waals surface area contributed by atoms with Gasteiger partial charge in [0.2, 0.25) is 5.91 Å². The lowest BCUT2D eigenvalue weighted by atomic mass is 10.3. The van der Waals surface area contributed by atoms with Crippen LogP contribution >= 0.6 is 0 Å². The summed E-state index contributed by atoms with van der Waals surface area (Å²) in [6.07, 6.45) is 0.951. The van der Waals surface area contributed by atoms with Crippen molar-refractivity contribution in [2.45, 2.75) is 19.6 Å². The fraction of sp³-hybridized carbons (Fsp3) is 0.333. The molecule has 2 rings (SSSR count). The maximum atomic E-state index is 11.8. The van der Waals surface area contributed by atoms with E-state index in [-0.39, 0.29) is 24.2 Å². The Morgan fingerprint density at radius 2 is 1.96 bits per heavy atom. The molecule has 9 heteroatoms. The summed E-state index contributed by atoms with van der Waals surface area (Å²) in [5.74, 6) is -0.109. The van der Waals surface area contributed by atoms with E-state index in [2.05, 4.69) is 15.6 Å². The second-order valence-corrected chi connectivity index (χ2v) is 5.01. The van der Waals surface area contributed by atoms with E-state index in [1.165, 1.54) is 6.20 Å². The minimum atomic E-state index is -1.19. The molecule has 0 spiro atoms. The van der Waals surface area contributed by atoms with E-state index >= 15 is 0 Å². The van der Waals surface area contributed by atoms with Crippen molar-refractivity contribution in [2.75, 3.05) is 13.7 Å². The molecule has 128 valence electrons. The molecule has 2 N–H and O–H groups in total. The Bertz CT molecular complexity index is 698. The van der Waals surface area contributed by atoms with Crippen LogP contribution < -0.4 is 14.8 Å². The maximum absolute atomic E-state index is 11.8. The molecule has 0 aliphatic rings. The number of ether oxygens (including phenoxy) is 2. The van der Waals surface area contributed by atoms with Crippen LogP contribution in [-0.4, -0.2) is 51.7 Å². The van der Waals surface area contributed by atoms with E-state index < -0.39 is 5.97 Å². The Morgan fingerprint density at radius 1 is 1.29 bits per heavy atom. The fourth-order valence-electron chi connectivity index (χ4n) is 1.86. The van der Waals surface area contributed by atoms with Gasteiger partial charge in [0.1, 0.15) is 24.1 Å². The van der Waals surface area contributed by atoms with Crippen molar-refractivity contribution in [3.05, 3.63) is 36.2 Å². The molecule has 9 nitrogen and oxygen atoms in total. The van der Waals surface area contributed by atoms with E-state index in [9.17, 15) is 9.59 Å². The van der Waals surface area contributed by atoms with Crippen LogP contribution in [0.1, 0.15) is 17.4 Å². The first-order chi connectivity index (χ1) is 11.5. The van der Waals surface area contributed by atoms with Crippen molar-refractivity contribution in [3.63, 3.8) is 0 Å². The van der Waals surface area contributed by atoms with Crippen molar-refractivity contribution >= 4 is 11.9 Å². The second-order valence-electron chi connectivity index (χ2n) is 5.01. The summed E-state index contributed by atoms with van der Waals surface area (Å²) >= 11 is 0. The van der Waals surface area contributed by atoms with Crippen LogP contribution in [0.5, 0.6) is 11.5 Å². The average molecular weight is 334 g/mol. The Hall–Kier alpha value is -3.10. The Labute approximate surface area is 138 Å². The lowest BCUT2D eigenvalue weighted by Crippen LogP contribution is -2.35. The standard InChI is InChI=1S/C15H18N4O5/c1-10(24-12-5-3-11(23-2)4-6-12)7-16-14(20)9-19-8-13(15(21)22)17-18-19/h3-6,8,10H,7,9H2,1-2H3,(H,16,20)(H,21,22). The number of amides is 1. The van der Waals surface area contributed by atoms with Gasteiger partial charge in [-0.1, -0.05) is 5.21 Å². The number of hydrogen-bond acceptors (Lipinski definition) is 6. The number of carbonyl (C=O) groups excluding carboxylic acids is 1. The first-order valence-electron chi connectivity index (χ1n) is 7.18. The number of aromatic nitrogens is 3. The highest BCUT2D eigenvalue weighted by atomic mass is 16.5. The SMILES string of the molecule is COc1ccc(OC(C)CNC(=O)Cn2cc(C(=O)O)nn2)cc1. The molecule has 2 aromatic rings. The van der Waals surface area contributed by atoms with Gasteiger partial charge in [-0.15, -0.1) is 5.10 Å². The molecule has 1 aromatic heterocycles. The number of methoxy groups -OCH3 is 1. The molecule has 0 saturated carbocycles. The summed E-state index contributed by atoms with van der Waals surface area (Å²) in [5.41, 5.74) is -0.209. The highest BCUT2D eigenvalue weighted by Crippen LogP contribution is 2.17. The van der Waals surface area contributed by atoms with Crippen LogP contribution in [0, 0.1) is 0 Å². The summed E-state index contributed by atoms with van der Waals surface area (Å²) in [4.78, 5) is 22.5. The third-order valence-corrected chi connectivity index (χ3v) is 3.05. The van der Waals surface area contributed by atoms with E-state index in [0.29, 0.717) is 12.3 Å². The third-order valence-electron chi connectivity index (χ3n) is 3.05. The third kappa shape index (κ3) is 4.97. The lowest BCUT2D eigenvalue weighted by molar-refractivity contribution is -0.122. The topological polar surface area (TPSA) is 116 Å². The molecule has 1 atom stereocenters. The minimum absolute atomic E-state index is 0.116. The molecular weight excluding hydrogens is 316 g/mol. The summed E-state index contributed by atoms with van der Waals surface area (Å²) in [7, 11) is 1.59. The summed E-state index contributed by atoms with van der Waals surface area (Å²) in [6.45, 7) is 2.00. The number of nitrogens with one attached hydrogen (secondary N) is 1. The molecule has 1 amide bonds. The van der Waals surface area contributed by atoms with Crippen molar-refractivity contribution in [1.29, 1.82) is 0 Å². The van der Waals surface area contributed by atoms with Gasteiger partial charge in [0.05, 0.1) is 19.9 Å². The molecular formula is C15H18N4O5. The molecule has 1 heterocycles. The van der Waals surface area contributed by atoms with Gasteiger partial charge in [0.15, 0.2) is 5.69 Å². The van der Waals surface area contributed by atoms with Crippen molar-refractivity contribution < 1.29 is 24.2 Å². The zero-order chi connectivity index (χ0) is 17.5. The van der Waals surface area contributed by atoms with Gasteiger partial charge < -0.3 is 19.9 Å². The van der Waals surface area contributed by atoms with Gasteiger partial charge in [-0.05, 0) is 31.2 Å². The molecule has 0 aliphatic heterocycles. The number of rotatable bonds is 8. The number of carboxylic acid groups (broad SMARTS) is 1. The van der Waals surface area contributed by atoms with Crippen LogP contribution in [0.25, 0.3) is 0 Å². The Kier molecular flexibility index (Phi) is 5.72. The Balaban J connectivity index is 1.76. The predicted molar refractivity (Wildman–Crippen MR) is 83.1 cm³/mol. The quantitative estimate of drug-likeness (QED) is 0.725. The molecule has 1 aromatic carbocycles. The summed E-state index contributed by atoms with van der Waals surface area (Å²) < 4.78 is 11.9. The average Bonchev–Trinajstić information content (AvgIpc) is 3.02. The molecule has 0 fully saturated rings. The van der Waals surface area contributed by atoms with Crippen molar-refractivity contribution in [2.24, 2.45) is 0 Å². The van der Waals surface area contributed by atoms with Crippen molar-refractivity contribution in [3.8, 4) is 11.5 Å². The highest BCUT2D eigenvalue weighted by molar-refractivity contribution is 5.84. The molecule has 24 heavy (non-hydrogen) atoms. The number of nitrogens with zero attached hydrogens (tertiary/aromatic N) is 3. The van der Waals surface area contributed by atoms with Crippen molar-refractivity contribution in [1.82, 2.24) is 20.3 Å². The molecule has 0 radical (unpaired) electrons. The highest BCUT2D eigenvalue weighted by Gasteiger charge is 2.12. The summed E-state index contributed by atoms with van der Waals surface area (Å²) in [6, 6.07) is 7.12. The maximum Gasteiger partial charge on any atom is 0.358 e. The number of aromatic carboxylic acids is 1. The number of hydrogen-bond donors (Lipinski definition) is 2. The predicted octanol–water partition coefficient (Wildman–Crippen LogP) is 0.569. The van der Waals surface area contributed by atoms with Crippen LogP contribution in [0.3, 0.4) is 0 Å². The van der Waals surface area contributed by atoms with Crippen LogP contribution in [-0.2, 0) is 11.3 Å². The first-order valence-corrected chi connectivity index (χ1v) is 7.18. The first kappa shape index (κ1) is 17.3. The van der Waals surface area contributed by atoms with Gasteiger partial charge in [0, 0.05) is 0 Å². The lowest BCUT2D eigenvalue weighted by Gasteiger charge is -2.15. The van der Waals surface area contributed by atoms with E-state index in [1.807, 2.05) is 6.92 Å². The Morgan fingerprint density at radius 3 is 2.54 bits per heavy atom. The number of carboxylic acids is 1. The van der Waals surface area contributed by atoms with Crippen LogP contribution in [0.4, 0.5) is 0 Å². The molecule has 1 unspecified atom stereocenters. The number of carbonyl (C=O) groups is 2. The molecule has 0 saturated heterocycles. The van der Waals surface area contributed by atoms with Crippen LogP contribution in [0.15, 0.2) is 30.5 Å². The van der Waals surface area contributed by atoms with Gasteiger partial charge in [0.25, 0.3) is 0 Å². The zero-order valence-corrected chi connectivity index (χ0v) is 13.3. The van der Waals surface area contributed by atoms with Crippen LogP contribution in [0.2, 0.25) is 0 Å². The largest absolute Gasteiger partial charge is 0.497 e. The monoisotopic (exact) mass is 334 g/mol. The molecule has 0 bridgehead atoms. The smallest absolute Gasteiger partial charge is 0.358 e.